The molecule has 1 fully saturated rings. The number of hydrogen-bond donors (Lipinski definition) is 0. The van der Waals surface area contributed by atoms with E-state index >= 15 is 0 Å². The Labute approximate surface area is 162 Å². The molecular weight excluding hydrogens is 326 g/mol. The predicted molar refractivity (Wildman–Crippen MR) is 116 cm³/mol. The molecule has 1 saturated carbocycles. The molecule has 0 amide bonds. The van der Waals surface area contributed by atoms with E-state index in [1.165, 1.54) is 57.9 Å². The Balaban J connectivity index is 1.66. The van der Waals surface area contributed by atoms with Gasteiger partial charge in [-0.25, -0.2) is 4.99 Å². The summed E-state index contributed by atoms with van der Waals surface area (Å²) in [6.07, 6.45) is 3.91. The molecule has 0 spiro atoms. The van der Waals surface area contributed by atoms with Crippen molar-refractivity contribution in [2.45, 2.75) is 52.9 Å². The summed E-state index contributed by atoms with van der Waals surface area (Å²) in [5.41, 5.74) is 9.38. The molecule has 1 aliphatic carbocycles. The standard InChI is InChI=1S/C26H27N/c1-16-12-17(2)14-19(13-16)25-22-7-5-6-21-20(8-9-23(27-25)24(21)22)18-10-11-26(3,4)15-18/h5-9,12-14,18H,10-11,15H2,1-4H3. The third-order valence-corrected chi connectivity index (χ3v) is 6.44. The number of benzene rings is 3. The van der Waals surface area contributed by atoms with Crippen molar-refractivity contribution in [2.24, 2.45) is 10.4 Å². The maximum absolute atomic E-state index is 5.06. The fraction of sp³-hybridized carbons (Fsp3) is 0.346. The Kier molecular flexibility index (Phi) is 3.59. The third-order valence-electron chi connectivity index (χ3n) is 6.44. The first-order valence-corrected chi connectivity index (χ1v) is 10.1. The summed E-state index contributed by atoms with van der Waals surface area (Å²) in [4.78, 5) is 5.06. The Morgan fingerprint density at radius 3 is 2.44 bits per heavy atom. The molecule has 136 valence electrons. The van der Waals surface area contributed by atoms with Gasteiger partial charge in [0.2, 0.25) is 0 Å². The monoisotopic (exact) mass is 353 g/mol. The quantitative estimate of drug-likeness (QED) is 0.360. The Morgan fingerprint density at radius 2 is 1.74 bits per heavy atom. The van der Waals surface area contributed by atoms with Crippen molar-refractivity contribution in [3.63, 3.8) is 0 Å². The van der Waals surface area contributed by atoms with E-state index in [1.54, 1.807) is 0 Å². The molecule has 0 aromatic heterocycles. The summed E-state index contributed by atoms with van der Waals surface area (Å²) in [6, 6.07) is 18.1. The van der Waals surface area contributed by atoms with Crippen LogP contribution in [0.5, 0.6) is 0 Å². The van der Waals surface area contributed by atoms with Crippen LogP contribution in [0.1, 0.15) is 66.8 Å². The van der Waals surface area contributed by atoms with Crippen LogP contribution >= 0.6 is 0 Å². The summed E-state index contributed by atoms with van der Waals surface area (Å²) in [5.74, 6) is 0.676. The molecule has 1 aliphatic heterocycles. The molecular formula is C26H27N. The highest BCUT2D eigenvalue weighted by Crippen LogP contribution is 2.49. The van der Waals surface area contributed by atoms with E-state index < -0.39 is 0 Å². The van der Waals surface area contributed by atoms with E-state index in [0.717, 1.165) is 11.4 Å². The lowest BCUT2D eigenvalue weighted by atomic mass is 9.86. The molecule has 1 nitrogen and oxygen atoms in total. The fourth-order valence-electron chi connectivity index (χ4n) is 5.27. The van der Waals surface area contributed by atoms with Gasteiger partial charge in [-0.2, -0.15) is 0 Å². The zero-order valence-electron chi connectivity index (χ0n) is 16.8. The van der Waals surface area contributed by atoms with Crippen LogP contribution in [0, 0.1) is 19.3 Å². The number of rotatable bonds is 2. The van der Waals surface area contributed by atoms with Gasteiger partial charge >= 0.3 is 0 Å². The summed E-state index contributed by atoms with van der Waals surface area (Å²) in [5, 5.41) is 2.77. The molecule has 0 radical (unpaired) electrons. The van der Waals surface area contributed by atoms with Gasteiger partial charge < -0.3 is 0 Å². The lowest BCUT2D eigenvalue weighted by Crippen LogP contribution is -2.05. The minimum Gasteiger partial charge on any atom is -0.247 e. The molecule has 1 heteroatoms. The molecule has 0 N–H and O–H groups in total. The molecule has 1 heterocycles. The lowest BCUT2D eigenvalue weighted by molar-refractivity contribution is 0.376. The average Bonchev–Trinajstić information content (AvgIpc) is 3.16. The first-order valence-electron chi connectivity index (χ1n) is 10.1. The highest BCUT2D eigenvalue weighted by molar-refractivity contribution is 6.26. The lowest BCUT2D eigenvalue weighted by Gasteiger charge is -2.18. The second-order valence-corrected chi connectivity index (χ2v) is 9.34. The number of aliphatic imine (C=N–C) groups is 1. The fourth-order valence-corrected chi connectivity index (χ4v) is 5.27. The van der Waals surface area contributed by atoms with E-state index in [2.05, 4.69) is 76.2 Å². The van der Waals surface area contributed by atoms with Crippen LogP contribution in [0.25, 0.3) is 10.8 Å². The number of nitrogens with zero attached hydrogens (tertiary/aromatic N) is 1. The summed E-state index contributed by atoms with van der Waals surface area (Å²) in [7, 11) is 0. The molecule has 0 bridgehead atoms. The zero-order chi connectivity index (χ0) is 18.8. The van der Waals surface area contributed by atoms with Gasteiger partial charge in [0.25, 0.3) is 0 Å². The van der Waals surface area contributed by atoms with Crippen molar-refractivity contribution in [3.8, 4) is 0 Å². The summed E-state index contributed by atoms with van der Waals surface area (Å²) in [6.45, 7) is 9.15. The normalized spacial score (nSPS) is 20.3. The van der Waals surface area contributed by atoms with Gasteiger partial charge in [0.15, 0.2) is 0 Å². The van der Waals surface area contributed by atoms with Crippen molar-refractivity contribution in [3.05, 3.63) is 76.3 Å². The SMILES string of the molecule is Cc1cc(C)cc(C2=Nc3ccc(C4CCC(C)(C)C4)c4cccc2c34)c1. The molecule has 3 aromatic rings. The highest BCUT2D eigenvalue weighted by Gasteiger charge is 2.33. The van der Waals surface area contributed by atoms with Gasteiger partial charge in [-0.3, -0.25) is 0 Å². The minimum atomic E-state index is 0.466. The van der Waals surface area contributed by atoms with Crippen LogP contribution < -0.4 is 0 Å². The van der Waals surface area contributed by atoms with Gasteiger partial charge in [0.05, 0.1) is 11.4 Å². The van der Waals surface area contributed by atoms with E-state index in [0.29, 0.717) is 11.3 Å². The first-order chi connectivity index (χ1) is 12.9. The van der Waals surface area contributed by atoms with Crippen LogP contribution in [-0.2, 0) is 0 Å². The minimum absolute atomic E-state index is 0.466. The van der Waals surface area contributed by atoms with Crippen LogP contribution in [0.4, 0.5) is 5.69 Å². The Morgan fingerprint density at radius 1 is 0.963 bits per heavy atom. The van der Waals surface area contributed by atoms with Crippen molar-refractivity contribution in [1.29, 1.82) is 0 Å². The highest BCUT2D eigenvalue weighted by atomic mass is 14.8. The van der Waals surface area contributed by atoms with Gasteiger partial charge in [-0.15, -0.1) is 0 Å². The summed E-state index contributed by atoms with van der Waals surface area (Å²) < 4.78 is 0. The molecule has 5 rings (SSSR count). The summed E-state index contributed by atoms with van der Waals surface area (Å²) >= 11 is 0. The smallest absolute Gasteiger partial charge is 0.0789 e. The maximum atomic E-state index is 5.06. The third kappa shape index (κ3) is 2.72. The van der Waals surface area contributed by atoms with Gasteiger partial charge in [0, 0.05) is 16.5 Å². The molecule has 1 atom stereocenters. The van der Waals surface area contributed by atoms with E-state index in [4.69, 9.17) is 4.99 Å². The van der Waals surface area contributed by atoms with Gasteiger partial charge in [-0.1, -0.05) is 55.3 Å². The van der Waals surface area contributed by atoms with Crippen molar-refractivity contribution < 1.29 is 0 Å². The van der Waals surface area contributed by atoms with E-state index in [-0.39, 0.29) is 0 Å². The van der Waals surface area contributed by atoms with Gasteiger partial charge in [0.1, 0.15) is 0 Å². The average molecular weight is 354 g/mol. The van der Waals surface area contributed by atoms with Crippen LogP contribution in [0.15, 0.2) is 53.5 Å². The second kappa shape index (κ2) is 5.79. The van der Waals surface area contributed by atoms with Gasteiger partial charge in [-0.05, 0) is 73.6 Å². The molecule has 3 aromatic carbocycles. The number of hydrogen-bond acceptors (Lipinski definition) is 1. The van der Waals surface area contributed by atoms with Crippen molar-refractivity contribution in [1.82, 2.24) is 0 Å². The second-order valence-electron chi connectivity index (χ2n) is 9.34. The van der Waals surface area contributed by atoms with Crippen LogP contribution in [0.2, 0.25) is 0 Å². The predicted octanol–water partition coefficient (Wildman–Crippen LogP) is 7.23. The molecule has 0 saturated heterocycles. The Bertz CT molecular complexity index is 1080. The van der Waals surface area contributed by atoms with E-state index in [9.17, 15) is 0 Å². The molecule has 27 heavy (non-hydrogen) atoms. The molecule has 1 unspecified atom stereocenters. The Hall–Kier alpha value is -2.41. The van der Waals surface area contributed by atoms with E-state index in [1.807, 2.05) is 0 Å². The maximum Gasteiger partial charge on any atom is 0.0789 e. The van der Waals surface area contributed by atoms with Crippen molar-refractivity contribution >= 4 is 22.2 Å². The topological polar surface area (TPSA) is 12.4 Å². The largest absolute Gasteiger partial charge is 0.247 e. The van der Waals surface area contributed by atoms with Crippen LogP contribution in [0.3, 0.4) is 0 Å². The molecule has 2 aliphatic rings. The first kappa shape index (κ1) is 16.7. The van der Waals surface area contributed by atoms with Crippen LogP contribution in [-0.4, -0.2) is 5.71 Å². The zero-order valence-corrected chi connectivity index (χ0v) is 16.8. The number of aryl methyl sites for hydroxylation is 2. The van der Waals surface area contributed by atoms with Crippen molar-refractivity contribution in [2.75, 3.05) is 0 Å².